The molecule has 1 aromatic carbocycles. The second-order valence-electron chi connectivity index (χ2n) is 11.3. The largest absolute Gasteiger partial charge is 0.778 e. The first-order valence-electron chi connectivity index (χ1n) is 14.0. The zero-order valence-electron chi connectivity index (χ0n) is 23.6. The van der Waals surface area contributed by atoms with Crippen molar-refractivity contribution < 1.29 is 28.0 Å². The molecule has 2 unspecified atom stereocenters. The first-order valence-corrected chi connectivity index (χ1v) is 15.7. The maximum atomic E-state index is 12.3. The number of ether oxygens (including phenoxy) is 1. The minimum Gasteiger partial charge on any atom is -0.778 e. The molecule has 0 amide bonds. The van der Waals surface area contributed by atoms with Crippen molar-refractivity contribution in [2.75, 3.05) is 47.1 Å². The molecule has 0 fully saturated rings. The van der Waals surface area contributed by atoms with Gasteiger partial charge in [-0.25, -0.2) is 0 Å². The molecule has 0 saturated heterocycles. The number of ketones is 1. The summed E-state index contributed by atoms with van der Waals surface area (Å²) in [5.41, 5.74) is 1.04. The lowest BCUT2D eigenvalue weighted by Crippen LogP contribution is -2.38. The minimum atomic E-state index is -3.93. The van der Waals surface area contributed by atoms with Gasteiger partial charge >= 0.3 is 0 Å². The Morgan fingerprint density at radius 2 is 1.50 bits per heavy atom. The van der Waals surface area contributed by atoms with Gasteiger partial charge in [0.2, 0.25) is 0 Å². The molecule has 6 nitrogen and oxygen atoms in total. The molecular weight excluding hydrogens is 473 g/mol. The van der Waals surface area contributed by atoms with Crippen LogP contribution in [0.3, 0.4) is 0 Å². The Kier molecular flexibility index (Phi) is 16.5. The molecule has 0 heterocycles. The van der Waals surface area contributed by atoms with Crippen LogP contribution in [0, 0.1) is 5.92 Å². The molecule has 0 saturated carbocycles. The second kappa shape index (κ2) is 18.1. The quantitative estimate of drug-likeness (QED) is 0.0995. The molecule has 7 heteroatoms. The SMILES string of the molecule is CCCCCCCCCCCCOc1ccc(CC(COP(=O)([O-])CC[N+](C)(C)C)CC(C)=O)cc1. The van der Waals surface area contributed by atoms with Crippen LogP contribution in [-0.2, 0) is 20.3 Å². The Morgan fingerprint density at radius 3 is 2.03 bits per heavy atom. The summed E-state index contributed by atoms with van der Waals surface area (Å²) in [6.45, 7) is 5.03. The molecule has 0 spiro atoms. The van der Waals surface area contributed by atoms with Gasteiger partial charge in [0.1, 0.15) is 19.1 Å². The van der Waals surface area contributed by atoms with E-state index in [4.69, 9.17) is 9.26 Å². The van der Waals surface area contributed by atoms with Crippen LogP contribution in [0.5, 0.6) is 5.75 Å². The van der Waals surface area contributed by atoms with Crippen molar-refractivity contribution >= 4 is 13.4 Å². The van der Waals surface area contributed by atoms with Crippen LogP contribution in [-0.4, -0.2) is 57.3 Å². The van der Waals surface area contributed by atoms with Crippen molar-refractivity contribution in [2.24, 2.45) is 5.92 Å². The van der Waals surface area contributed by atoms with Crippen molar-refractivity contribution in [3.05, 3.63) is 29.8 Å². The zero-order chi connectivity index (χ0) is 26.9. The van der Waals surface area contributed by atoms with E-state index in [-0.39, 0.29) is 24.5 Å². The molecule has 0 aliphatic heterocycles. The van der Waals surface area contributed by atoms with Crippen LogP contribution >= 0.6 is 7.60 Å². The number of carbonyl (C=O) groups excluding carboxylic acids is 1. The standard InChI is InChI=1S/C29H52NO5P/c1-6-7-8-9-10-11-12-13-14-15-21-34-29-18-16-27(17-19-29)24-28(23-26(2)31)25-35-36(32,33)22-20-30(3,4)5/h16-19,28H,6-15,20-25H2,1-5H3. The van der Waals surface area contributed by atoms with Gasteiger partial charge in [0.15, 0.2) is 0 Å². The first-order chi connectivity index (χ1) is 17.0. The average molecular weight is 526 g/mol. The number of hydrogen-bond acceptors (Lipinski definition) is 5. The van der Waals surface area contributed by atoms with Gasteiger partial charge in [-0.1, -0.05) is 76.8 Å². The number of nitrogens with zero attached hydrogens (tertiary/aromatic N) is 1. The fourth-order valence-electron chi connectivity index (χ4n) is 4.14. The van der Waals surface area contributed by atoms with Gasteiger partial charge in [0.05, 0.1) is 47.1 Å². The number of benzene rings is 1. The van der Waals surface area contributed by atoms with Crippen LogP contribution in [0.4, 0.5) is 0 Å². The number of hydrogen-bond donors (Lipinski definition) is 0. The summed E-state index contributed by atoms with van der Waals surface area (Å²) in [5, 5.41) is 0. The van der Waals surface area contributed by atoms with Crippen molar-refractivity contribution in [3.63, 3.8) is 0 Å². The van der Waals surface area contributed by atoms with Crippen molar-refractivity contribution in [1.82, 2.24) is 0 Å². The fraction of sp³-hybridized carbons (Fsp3) is 0.759. The Morgan fingerprint density at radius 1 is 0.944 bits per heavy atom. The number of carbonyl (C=O) groups is 1. The molecule has 0 radical (unpaired) electrons. The molecule has 1 aromatic rings. The van der Waals surface area contributed by atoms with E-state index in [1.165, 1.54) is 64.7 Å². The summed E-state index contributed by atoms with van der Waals surface area (Å²) in [5.74, 6) is 0.706. The highest BCUT2D eigenvalue weighted by atomic mass is 31.2. The third kappa shape index (κ3) is 18.1. The van der Waals surface area contributed by atoms with E-state index in [9.17, 15) is 14.3 Å². The smallest absolute Gasteiger partial charge is 0.140 e. The zero-order valence-corrected chi connectivity index (χ0v) is 24.5. The van der Waals surface area contributed by atoms with Crippen molar-refractivity contribution in [1.29, 1.82) is 0 Å². The fourth-order valence-corrected chi connectivity index (χ4v) is 5.55. The van der Waals surface area contributed by atoms with Crippen LogP contribution < -0.4 is 9.63 Å². The molecule has 0 aliphatic carbocycles. The number of Topliss-reactive ketones (excluding diaryl/α,β-unsaturated/α-hetero) is 1. The molecule has 0 aromatic heterocycles. The Hall–Kier alpha value is -1.20. The first kappa shape index (κ1) is 32.8. The van der Waals surface area contributed by atoms with Crippen molar-refractivity contribution in [2.45, 2.75) is 90.9 Å². The maximum Gasteiger partial charge on any atom is 0.140 e. The molecule has 1 rings (SSSR count). The third-order valence-corrected chi connectivity index (χ3v) is 7.63. The van der Waals surface area contributed by atoms with Gasteiger partial charge in [-0.15, -0.1) is 0 Å². The van der Waals surface area contributed by atoms with Gasteiger partial charge in [-0.2, -0.15) is 0 Å². The predicted molar refractivity (Wildman–Crippen MR) is 148 cm³/mol. The summed E-state index contributed by atoms with van der Waals surface area (Å²) in [7, 11) is 1.92. The van der Waals surface area contributed by atoms with E-state index < -0.39 is 7.60 Å². The normalized spacial score (nSPS) is 14.4. The van der Waals surface area contributed by atoms with E-state index >= 15 is 0 Å². The van der Waals surface area contributed by atoms with Gasteiger partial charge in [0.25, 0.3) is 0 Å². The lowest BCUT2D eigenvalue weighted by molar-refractivity contribution is -0.868. The molecule has 0 bridgehead atoms. The molecule has 0 aliphatic rings. The summed E-state index contributed by atoms with van der Waals surface area (Å²) in [6, 6.07) is 7.90. The van der Waals surface area contributed by atoms with Crippen LogP contribution in [0.2, 0.25) is 0 Å². The van der Waals surface area contributed by atoms with Crippen LogP contribution in [0.15, 0.2) is 24.3 Å². The van der Waals surface area contributed by atoms with Crippen LogP contribution in [0.1, 0.15) is 90.0 Å². The van der Waals surface area contributed by atoms with Crippen molar-refractivity contribution in [3.8, 4) is 5.75 Å². The highest BCUT2D eigenvalue weighted by molar-refractivity contribution is 7.51. The minimum absolute atomic E-state index is 0.00558. The molecular formula is C29H52NO5P. The van der Waals surface area contributed by atoms with E-state index in [0.29, 0.717) is 23.9 Å². The van der Waals surface area contributed by atoms with Gasteiger partial charge < -0.3 is 28.0 Å². The molecule has 36 heavy (non-hydrogen) atoms. The number of rotatable bonds is 22. The number of unbranched alkanes of at least 4 members (excludes halogenated alkanes) is 9. The molecule has 2 atom stereocenters. The second-order valence-corrected chi connectivity index (χ2v) is 13.2. The predicted octanol–water partition coefficient (Wildman–Crippen LogP) is 6.40. The van der Waals surface area contributed by atoms with Gasteiger partial charge in [-0.05, 0) is 43.4 Å². The highest BCUT2D eigenvalue weighted by Crippen LogP contribution is 2.38. The molecule has 0 N–H and O–H groups in total. The Labute approximate surface area is 220 Å². The average Bonchev–Trinajstić information content (AvgIpc) is 2.80. The highest BCUT2D eigenvalue weighted by Gasteiger charge is 2.19. The molecule has 208 valence electrons. The summed E-state index contributed by atoms with van der Waals surface area (Å²) in [6.07, 6.45) is 13.9. The summed E-state index contributed by atoms with van der Waals surface area (Å²) >= 11 is 0. The monoisotopic (exact) mass is 525 g/mol. The Bertz CT molecular complexity index is 760. The van der Waals surface area contributed by atoms with E-state index in [1.807, 2.05) is 45.4 Å². The van der Waals surface area contributed by atoms with Gasteiger partial charge in [-0.3, -0.25) is 0 Å². The van der Waals surface area contributed by atoms with E-state index in [1.54, 1.807) is 0 Å². The summed E-state index contributed by atoms with van der Waals surface area (Å²) in [4.78, 5) is 24.0. The lowest BCUT2D eigenvalue weighted by atomic mass is 9.95. The summed E-state index contributed by atoms with van der Waals surface area (Å²) < 4.78 is 24.1. The van der Waals surface area contributed by atoms with Crippen LogP contribution in [0.25, 0.3) is 0 Å². The van der Waals surface area contributed by atoms with Gasteiger partial charge in [0, 0.05) is 6.42 Å². The lowest BCUT2D eigenvalue weighted by Gasteiger charge is -2.30. The third-order valence-electron chi connectivity index (χ3n) is 6.34. The Balaban J connectivity index is 2.35. The number of quaternary nitrogens is 1. The maximum absolute atomic E-state index is 12.3. The van der Waals surface area contributed by atoms with E-state index in [0.717, 1.165) is 24.3 Å². The topological polar surface area (TPSA) is 75.7 Å². The van der Waals surface area contributed by atoms with E-state index in [2.05, 4.69) is 6.92 Å².